The Kier molecular flexibility index (Phi) is 5.68. The normalized spacial score (nSPS) is 16.1. The number of benzene rings is 2. The Hall–Kier alpha value is -3.69. The molecule has 1 fully saturated rings. The molecule has 1 aromatic heterocycles. The molecule has 6 nitrogen and oxygen atoms in total. The second-order valence-electron chi connectivity index (χ2n) is 7.42. The quantitative estimate of drug-likeness (QED) is 0.583. The number of carbonyl (C=O) groups excluding carboxylic acids is 2. The molecule has 3 aromatic rings. The molecule has 10 heteroatoms. The first-order chi connectivity index (χ1) is 15.2. The van der Waals surface area contributed by atoms with Crippen molar-refractivity contribution in [1.82, 2.24) is 15.1 Å². The molecule has 1 aliphatic heterocycles. The molecule has 1 aliphatic rings. The average molecular weight is 446 g/mol. The number of nitrogens with one attached hydrogen (secondary N) is 2. The van der Waals surface area contributed by atoms with Gasteiger partial charge >= 0.3 is 6.18 Å². The van der Waals surface area contributed by atoms with Crippen LogP contribution in [0.25, 0.3) is 11.1 Å². The van der Waals surface area contributed by atoms with E-state index in [9.17, 15) is 27.2 Å². The van der Waals surface area contributed by atoms with Crippen LogP contribution in [0.3, 0.4) is 0 Å². The molecule has 2 amide bonds. The zero-order valence-corrected chi connectivity index (χ0v) is 16.6. The van der Waals surface area contributed by atoms with E-state index in [0.717, 1.165) is 18.2 Å². The van der Waals surface area contributed by atoms with Crippen LogP contribution in [0.4, 0.5) is 23.2 Å². The zero-order chi connectivity index (χ0) is 22.9. The van der Waals surface area contributed by atoms with Gasteiger partial charge in [0.1, 0.15) is 11.9 Å². The number of halogens is 4. The van der Waals surface area contributed by atoms with E-state index in [-0.39, 0.29) is 29.1 Å². The molecule has 4 rings (SSSR count). The van der Waals surface area contributed by atoms with E-state index in [1.54, 1.807) is 6.20 Å². The molecular weight excluding hydrogens is 428 g/mol. The summed E-state index contributed by atoms with van der Waals surface area (Å²) >= 11 is 0. The van der Waals surface area contributed by atoms with Gasteiger partial charge in [-0.05, 0) is 36.2 Å². The van der Waals surface area contributed by atoms with Gasteiger partial charge in [-0.2, -0.15) is 18.3 Å². The number of carbonyl (C=O) groups is 2. The molecule has 0 bridgehead atoms. The fourth-order valence-electron chi connectivity index (χ4n) is 3.56. The number of anilines is 1. The van der Waals surface area contributed by atoms with Crippen molar-refractivity contribution in [2.45, 2.75) is 25.1 Å². The third-order valence-corrected chi connectivity index (χ3v) is 5.12. The summed E-state index contributed by atoms with van der Waals surface area (Å²) in [4.78, 5) is 24.0. The van der Waals surface area contributed by atoms with Crippen LogP contribution in [0.2, 0.25) is 0 Å². The lowest BCUT2D eigenvalue weighted by Gasteiger charge is -2.10. The molecule has 0 spiro atoms. The molecule has 1 saturated heterocycles. The van der Waals surface area contributed by atoms with Crippen molar-refractivity contribution in [2.24, 2.45) is 0 Å². The Labute approximate surface area is 180 Å². The first-order valence-electron chi connectivity index (χ1n) is 9.78. The van der Waals surface area contributed by atoms with Crippen LogP contribution in [-0.4, -0.2) is 28.1 Å². The van der Waals surface area contributed by atoms with Crippen LogP contribution >= 0.6 is 0 Å². The maximum Gasteiger partial charge on any atom is 0.416 e. The number of alkyl halides is 3. The van der Waals surface area contributed by atoms with E-state index in [4.69, 9.17) is 0 Å². The summed E-state index contributed by atoms with van der Waals surface area (Å²) in [5.74, 6) is -1.33. The fraction of sp³-hybridized carbons (Fsp3) is 0.227. The molecule has 2 heterocycles. The largest absolute Gasteiger partial charge is 0.416 e. The van der Waals surface area contributed by atoms with Crippen molar-refractivity contribution in [3.05, 3.63) is 71.8 Å². The van der Waals surface area contributed by atoms with Gasteiger partial charge in [-0.3, -0.25) is 14.3 Å². The fourth-order valence-corrected chi connectivity index (χ4v) is 3.56. The van der Waals surface area contributed by atoms with Gasteiger partial charge in [0.05, 0.1) is 18.2 Å². The van der Waals surface area contributed by atoms with Gasteiger partial charge in [0, 0.05) is 29.6 Å². The Morgan fingerprint density at radius 2 is 2.03 bits per heavy atom. The Morgan fingerprint density at radius 3 is 2.72 bits per heavy atom. The second-order valence-corrected chi connectivity index (χ2v) is 7.42. The second kappa shape index (κ2) is 8.45. The number of hydrogen-bond acceptors (Lipinski definition) is 3. The summed E-state index contributed by atoms with van der Waals surface area (Å²) in [6, 6.07) is 8.13. The number of hydrogen-bond donors (Lipinski definition) is 2. The molecule has 0 saturated carbocycles. The minimum absolute atomic E-state index is 0.140. The van der Waals surface area contributed by atoms with E-state index in [0.29, 0.717) is 18.5 Å². The summed E-state index contributed by atoms with van der Waals surface area (Å²) in [5.41, 5.74) is 0.243. The summed E-state index contributed by atoms with van der Waals surface area (Å²) in [6.45, 7) is 0.557. The molecule has 0 unspecified atom stereocenters. The number of aromatic nitrogens is 2. The average Bonchev–Trinajstić information content (AvgIpc) is 3.36. The van der Waals surface area contributed by atoms with Crippen LogP contribution in [0, 0.1) is 5.82 Å². The van der Waals surface area contributed by atoms with Crippen molar-refractivity contribution in [1.29, 1.82) is 0 Å². The third-order valence-electron chi connectivity index (χ3n) is 5.12. The van der Waals surface area contributed by atoms with Crippen molar-refractivity contribution >= 4 is 17.5 Å². The van der Waals surface area contributed by atoms with Crippen LogP contribution in [0.15, 0.2) is 54.9 Å². The summed E-state index contributed by atoms with van der Waals surface area (Å²) < 4.78 is 54.6. The van der Waals surface area contributed by atoms with Gasteiger partial charge in [0.25, 0.3) is 0 Å². The Bertz CT molecular complexity index is 1170. The molecule has 2 N–H and O–H groups in total. The minimum atomic E-state index is -4.50. The van der Waals surface area contributed by atoms with Crippen LogP contribution in [-0.2, 0) is 22.2 Å². The van der Waals surface area contributed by atoms with Gasteiger partial charge in [0.15, 0.2) is 0 Å². The molecule has 0 aliphatic carbocycles. The lowest BCUT2D eigenvalue weighted by molar-refractivity contribution is -0.137. The first kappa shape index (κ1) is 21.5. The zero-order valence-electron chi connectivity index (χ0n) is 16.6. The smallest absolute Gasteiger partial charge is 0.354 e. The molecule has 0 radical (unpaired) electrons. The minimum Gasteiger partial charge on any atom is -0.354 e. The van der Waals surface area contributed by atoms with Gasteiger partial charge in [0.2, 0.25) is 11.8 Å². The summed E-state index contributed by atoms with van der Waals surface area (Å²) in [7, 11) is 0. The predicted octanol–water partition coefficient (Wildman–Crippen LogP) is 3.95. The Morgan fingerprint density at radius 1 is 1.22 bits per heavy atom. The summed E-state index contributed by atoms with van der Waals surface area (Å²) in [5, 5.41) is 9.35. The van der Waals surface area contributed by atoms with Crippen LogP contribution < -0.4 is 10.6 Å². The number of rotatable bonds is 5. The number of nitrogens with zero attached hydrogens (tertiary/aromatic N) is 2. The maximum atomic E-state index is 14.7. The molecule has 2 aromatic carbocycles. The lowest BCUT2D eigenvalue weighted by atomic mass is 10.1. The van der Waals surface area contributed by atoms with E-state index in [1.807, 2.05) is 0 Å². The van der Waals surface area contributed by atoms with Crippen molar-refractivity contribution in [2.75, 3.05) is 11.9 Å². The van der Waals surface area contributed by atoms with Gasteiger partial charge < -0.3 is 10.6 Å². The van der Waals surface area contributed by atoms with E-state index in [2.05, 4.69) is 15.7 Å². The van der Waals surface area contributed by atoms with Crippen LogP contribution in [0.1, 0.15) is 23.6 Å². The third kappa shape index (κ3) is 4.63. The summed E-state index contributed by atoms with van der Waals surface area (Å²) in [6.07, 6.45) is -1.15. The van der Waals surface area contributed by atoms with Gasteiger partial charge in [-0.15, -0.1) is 0 Å². The van der Waals surface area contributed by atoms with Crippen molar-refractivity contribution in [3.63, 3.8) is 0 Å². The highest BCUT2D eigenvalue weighted by atomic mass is 19.4. The number of amides is 2. The van der Waals surface area contributed by atoms with Gasteiger partial charge in [-0.1, -0.05) is 18.2 Å². The molecule has 166 valence electrons. The van der Waals surface area contributed by atoms with Crippen molar-refractivity contribution in [3.8, 4) is 11.1 Å². The highest BCUT2D eigenvalue weighted by Gasteiger charge is 2.30. The van der Waals surface area contributed by atoms with Crippen LogP contribution in [0.5, 0.6) is 0 Å². The predicted molar refractivity (Wildman–Crippen MR) is 108 cm³/mol. The molecule has 32 heavy (non-hydrogen) atoms. The molecule has 1 atom stereocenters. The highest BCUT2D eigenvalue weighted by Crippen LogP contribution is 2.30. The SMILES string of the molecule is O=C(Cc1cccc(C(F)(F)F)c1)Nc1ccc(-c2cnn([C@H]3CCNC3=O)c2)c(F)c1. The highest BCUT2D eigenvalue weighted by molar-refractivity contribution is 5.92. The standard InChI is InChI=1S/C22H18F4N4O2/c23-18-10-16(29-20(31)9-13-2-1-3-15(8-13)22(24,25)26)4-5-17(18)14-11-28-30(12-14)19-6-7-27-21(19)32/h1-5,8,10-12,19H,6-7,9H2,(H,27,32)(H,29,31)/t19-/m0/s1. The molecular formula is C22H18F4N4O2. The topological polar surface area (TPSA) is 76.0 Å². The van der Waals surface area contributed by atoms with E-state index >= 15 is 0 Å². The maximum absolute atomic E-state index is 14.7. The van der Waals surface area contributed by atoms with Gasteiger partial charge in [-0.25, -0.2) is 4.39 Å². The van der Waals surface area contributed by atoms with E-state index < -0.39 is 29.5 Å². The monoisotopic (exact) mass is 446 g/mol. The first-order valence-corrected chi connectivity index (χ1v) is 9.78. The lowest BCUT2D eigenvalue weighted by Crippen LogP contribution is -2.22. The van der Waals surface area contributed by atoms with Crippen molar-refractivity contribution < 1.29 is 27.2 Å². The van der Waals surface area contributed by atoms with E-state index in [1.165, 1.54) is 35.1 Å². The Balaban J connectivity index is 1.44.